The Morgan fingerprint density at radius 2 is 1.67 bits per heavy atom. The van der Waals surface area contributed by atoms with Gasteiger partial charge in [0.2, 0.25) is 0 Å². The number of hydrogen-bond acceptors (Lipinski definition) is 7. The van der Waals surface area contributed by atoms with E-state index in [4.69, 9.17) is 9.26 Å². The molecule has 0 radical (unpaired) electrons. The van der Waals surface area contributed by atoms with Crippen LogP contribution in [-0.2, 0) is 9.53 Å². The van der Waals surface area contributed by atoms with E-state index in [2.05, 4.69) is 15.8 Å². The Labute approximate surface area is 240 Å². The summed E-state index contributed by atoms with van der Waals surface area (Å²) in [6, 6.07) is 25.7. The van der Waals surface area contributed by atoms with Gasteiger partial charge in [0, 0.05) is 30.5 Å². The number of fused-ring (bicyclic) bond motifs is 1. The number of anilines is 3. The Bertz CT molecular complexity index is 1750. The van der Waals surface area contributed by atoms with Crippen molar-refractivity contribution in [3.63, 3.8) is 0 Å². The van der Waals surface area contributed by atoms with Crippen LogP contribution in [0.15, 0.2) is 95.5 Å². The van der Waals surface area contributed by atoms with Crippen LogP contribution in [0.25, 0.3) is 22.1 Å². The Morgan fingerprint density at radius 1 is 0.881 bits per heavy atom. The molecular formula is C32H27FN4O5. The van der Waals surface area contributed by atoms with Crippen molar-refractivity contribution in [2.45, 2.75) is 6.10 Å². The Balaban J connectivity index is 1.17. The fraction of sp³-hybridized carbons (Fsp3) is 0.156. The topological polar surface area (TPSA) is 117 Å². The standard InChI is InChI=1S/C32H27FN4O5/c33-27-12-9-21(18-26(27)32(40)37-13-15-41-16-14-37)20-5-4-6-22(17-20)29(38)31(39)35-24-10-11-25-28(19-24)42-36-30(25)34-23-7-2-1-3-8-23/h1-12,17-19,29,38H,13-16H2,(H,34,36)(H,35,39). The number of morpholine rings is 1. The summed E-state index contributed by atoms with van der Waals surface area (Å²) >= 11 is 0. The van der Waals surface area contributed by atoms with Crippen LogP contribution in [0.5, 0.6) is 0 Å². The van der Waals surface area contributed by atoms with Gasteiger partial charge in [-0.05, 0) is 59.2 Å². The first-order valence-corrected chi connectivity index (χ1v) is 13.4. The fourth-order valence-corrected chi connectivity index (χ4v) is 4.82. The highest BCUT2D eigenvalue weighted by atomic mass is 19.1. The van der Waals surface area contributed by atoms with E-state index in [0.29, 0.717) is 60.1 Å². The Morgan fingerprint density at radius 3 is 2.48 bits per heavy atom. The van der Waals surface area contributed by atoms with Crippen LogP contribution in [0.3, 0.4) is 0 Å². The number of rotatable bonds is 7. The summed E-state index contributed by atoms with van der Waals surface area (Å²) in [6.45, 7) is 1.62. The zero-order valence-corrected chi connectivity index (χ0v) is 22.4. The predicted octanol–water partition coefficient (Wildman–Crippen LogP) is 5.52. The van der Waals surface area contributed by atoms with Crippen LogP contribution in [0.4, 0.5) is 21.6 Å². The maximum atomic E-state index is 14.6. The zero-order valence-electron chi connectivity index (χ0n) is 22.4. The molecule has 212 valence electrons. The molecule has 0 bridgehead atoms. The third-order valence-electron chi connectivity index (χ3n) is 7.06. The molecule has 10 heteroatoms. The van der Waals surface area contributed by atoms with Gasteiger partial charge < -0.3 is 29.9 Å². The molecule has 3 N–H and O–H groups in total. The van der Waals surface area contributed by atoms with Crippen molar-refractivity contribution in [2.75, 3.05) is 36.9 Å². The van der Waals surface area contributed by atoms with Crippen molar-refractivity contribution in [2.24, 2.45) is 0 Å². The van der Waals surface area contributed by atoms with E-state index in [0.717, 1.165) is 11.1 Å². The van der Waals surface area contributed by atoms with Crippen LogP contribution in [0.1, 0.15) is 22.0 Å². The van der Waals surface area contributed by atoms with Crippen LogP contribution >= 0.6 is 0 Å². The minimum atomic E-state index is -1.49. The molecule has 0 spiro atoms. The number of benzene rings is 4. The van der Waals surface area contributed by atoms with Gasteiger partial charge in [0.1, 0.15) is 5.82 Å². The number of nitrogens with zero attached hydrogens (tertiary/aromatic N) is 2. The molecule has 4 aromatic carbocycles. The highest BCUT2D eigenvalue weighted by Gasteiger charge is 2.23. The van der Waals surface area contributed by atoms with Gasteiger partial charge in [-0.3, -0.25) is 9.59 Å². The van der Waals surface area contributed by atoms with Gasteiger partial charge in [0.15, 0.2) is 17.5 Å². The summed E-state index contributed by atoms with van der Waals surface area (Å²) in [5.41, 5.74) is 3.25. The quantitative estimate of drug-likeness (QED) is 0.237. The molecule has 0 aliphatic carbocycles. The monoisotopic (exact) mass is 566 g/mol. The summed E-state index contributed by atoms with van der Waals surface area (Å²) in [5.74, 6) is -1.12. The zero-order chi connectivity index (χ0) is 29.1. The average Bonchev–Trinajstić information content (AvgIpc) is 3.43. The van der Waals surface area contributed by atoms with Crippen molar-refractivity contribution in [3.05, 3.63) is 108 Å². The van der Waals surface area contributed by atoms with Crippen molar-refractivity contribution in [1.29, 1.82) is 0 Å². The second-order valence-electron chi connectivity index (χ2n) is 9.85. The molecule has 1 saturated heterocycles. The van der Waals surface area contributed by atoms with Gasteiger partial charge >= 0.3 is 0 Å². The number of amides is 2. The van der Waals surface area contributed by atoms with Gasteiger partial charge in [-0.15, -0.1) is 0 Å². The van der Waals surface area contributed by atoms with E-state index in [1.807, 2.05) is 30.3 Å². The third kappa shape index (κ3) is 5.71. The molecule has 0 saturated carbocycles. The summed E-state index contributed by atoms with van der Waals surface area (Å²) in [4.78, 5) is 27.5. The first-order chi connectivity index (χ1) is 20.5. The number of carbonyl (C=O) groups is 2. The van der Waals surface area contributed by atoms with Crippen molar-refractivity contribution in [1.82, 2.24) is 10.1 Å². The van der Waals surface area contributed by atoms with Crippen molar-refractivity contribution < 1.29 is 28.3 Å². The second kappa shape index (κ2) is 11.8. The van der Waals surface area contributed by atoms with Crippen LogP contribution < -0.4 is 10.6 Å². The van der Waals surface area contributed by atoms with Gasteiger partial charge in [-0.2, -0.15) is 0 Å². The lowest BCUT2D eigenvalue weighted by Gasteiger charge is -2.27. The number of para-hydroxylation sites is 1. The molecule has 1 fully saturated rings. The lowest BCUT2D eigenvalue weighted by Crippen LogP contribution is -2.41. The molecule has 42 heavy (non-hydrogen) atoms. The van der Waals surface area contributed by atoms with Gasteiger partial charge in [0.25, 0.3) is 11.8 Å². The second-order valence-corrected chi connectivity index (χ2v) is 9.85. The van der Waals surface area contributed by atoms with Gasteiger partial charge in [-0.25, -0.2) is 4.39 Å². The number of hydrogen-bond donors (Lipinski definition) is 3. The maximum absolute atomic E-state index is 14.6. The first-order valence-electron chi connectivity index (χ1n) is 13.4. The molecule has 1 aliphatic heterocycles. The summed E-state index contributed by atoms with van der Waals surface area (Å²) in [5, 5.41) is 21.6. The van der Waals surface area contributed by atoms with Crippen molar-refractivity contribution >= 4 is 40.0 Å². The third-order valence-corrected chi connectivity index (χ3v) is 7.06. The highest BCUT2D eigenvalue weighted by molar-refractivity contribution is 5.99. The number of halogens is 1. The average molecular weight is 567 g/mol. The lowest BCUT2D eigenvalue weighted by atomic mass is 9.98. The summed E-state index contributed by atoms with van der Waals surface area (Å²) in [7, 11) is 0. The van der Waals surface area contributed by atoms with Gasteiger partial charge in [0.05, 0.1) is 24.2 Å². The highest BCUT2D eigenvalue weighted by Crippen LogP contribution is 2.30. The van der Waals surface area contributed by atoms with Crippen molar-refractivity contribution in [3.8, 4) is 11.1 Å². The predicted molar refractivity (Wildman–Crippen MR) is 156 cm³/mol. The minimum absolute atomic E-state index is 0.0389. The largest absolute Gasteiger partial charge is 0.378 e. The van der Waals surface area contributed by atoms with E-state index >= 15 is 0 Å². The Hall–Kier alpha value is -5.06. The number of nitrogens with one attached hydrogen (secondary N) is 2. The molecule has 2 amide bonds. The fourth-order valence-electron chi connectivity index (χ4n) is 4.82. The molecule has 9 nitrogen and oxygen atoms in total. The van der Waals surface area contributed by atoms with Gasteiger partial charge in [-0.1, -0.05) is 47.6 Å². The van der Waals surface area contributed by atoms with E-state index in [-0.39, 0.29) is 5.56 Å². The number of carbonyl (C=O) groups excluding carboxylic acids is 2. The summed E-state index contributed by atoms with van der Waals surface area (Å²) < 4.78 is 25.4. The van der Waals surface area contributed by atoms with Crippen LogP contribution in [0.2, 0.25) is 0 Å². The van der Waals surface area contributed by atoms with E-state index in [9.17, 15) is 19.1 Å². The first kappa shape index (κ1) is 27.1. The van der Waals surface area contributed by atoms with Crippen LogP contribution in [-0.4, -0.2) is 53.3 Å². The van der Waals surface area contributed by atoms with Crippen LogP contribution in [0, 0.1) is 5.82 Å². The van der Waals surface area contributed by atoms with E-state index in [1.54, 1.807) is 53.4 Å². The molecule has 6 rings (SSSR count). The minimum Gasteiger partial charge on any atom is -0.378 e. The lowest BCUT2D eigenvalue weighted by molar-refractivity contribution is -0.124. The molecule has 1 aromatic heterocycles. The Kier molecular flexibility index (Phi) is 7.63. The summed E-state index contributed by atoms with van der Waals surface area (Å²) in [6.07, 6.45) is -1.49. The number of aliphatic hydroxyl groups is 1. The number of aliphatic hydroxyl groups excluding tert-OH is 1. The number of aromatic nitrogens is 1. The van der Waals surface area contributed by atoms with E-state index < -0.39 is 23.7 Å². The molecular weight excluding hydrogens is 539 g/mol. The smallest absolute Gasteiger partial charge is 0.257 e. The molecule has 1 unspecified atom stereocenters. The number of ether oxygens (including phenoxy) is 1. The van der Waals surface area contributed by atoms with E-state index in [1.165, 1.54) is 12.1 Å². The normalized spacial score (nSPS) is 14.0. The SMILES string of the molecule is O=C(Nc1ccc2c(Nc3ccccc3)noc2c1)C(O)c1cccc(-c2ccc(F)c(C(=O)N3CCOCC3)c2)c1. The molecule has 5 aromatic rings. The maximum Gasteiger partial charge on any atom is 0.257 e. The molecule has 1 atom stereocenters. The molecule has 2 heterocycles. The molecule has 1 aliphatic rings.